The Hall–Kier alpha value is -2.54. The molecule has 1 aliphatic heterocycles. The molecule has 6 nitrogen and oxygen atoms in total. The lowest BCUT2D eigenvalue weighted by molar-refractivity contribution is -0.120. The number of hydrogen-bond acceptors (Lipinski definition) is 5. The molecule has 2 aromatic rings. The number of thiophene rings is 1. The third-order valence-corrected chi connectivity index (χ3v) is 4.29. The molecular formula is C17H18N2O4S. The predicted octanol–water partition coefficient (Wildman–Crippen LogP) is 2.21. The molecule has 0 saturated heterocycles. The number of carbonyl (C=O) groups is 2. The van der Waals surface area contributed by atoms with E-state index in [1.165, 1.54) is 0 Å². The van der Waals surface area contributed by atoms with Crippen molar-refractivity contribution in [1.82, 2.24) is 5.32 Å². The molecule has 7 heteroatoms. The van der Waals surface area contributed by atoms with Gasteiger partial charge in [0.05, 0.1) is 6.42 Å². The molecule has 1 aromatic heterocycles. The third kappa shape index (κ3) is 4.48. The summed E-state index contributed by atoms with van der Waals surface area (Å²) in [7, 11) is 0. The number of carbonyl (C=O) groups excluding carboxylic acids is 2. The zero-order valence-electron chi connectivity index (χ0n) is 13.0. The van der Waals surface area contributed by atoms with Gasteiger partial charge in [0.1, 0.15) is 13.2 Å². The zero-order valence-corrected chi connectivity index (χ0v) is 13.9. The molecule has 0 fully saturated rings. The van der Waals surface area contributed by atoms with Crippen LogP contribution in [0.2, 0.25) is 0 Å². The Morgan fingerprint density at radius 3 is 2.71 bits per heavy atom. The second kappa shape index (κ2) is 7.83. The van der Waals surface area contributed by atoms with Gasteiger partial charge in [-0.3, -0.25) is 9.59 Å². The highest BCUT2D eigenvalue weighted by Gasteiger charge is 2.13. The summed E-state index contributed by atoms with van der Waals surface area (Å²) in [6.07, 6.45) is 0.562. The van der Waals surface area contributed by atoms with Crippen molar-refractivity contribution < 1.29 is 19.1 Å². The Kier molecular flexibility index (Phi) is 5.32. The molecule has 2 amide bonds. The minimum absolute atomic E-state index is 0.0791. The highest BCUT2D eigenvalue weighted by molar-refractivity contribution is 7.10. The van der Waals surface area contributed by atoms with E-state index in [-0.39, 0.29) is 18.2 Å². The fraction of sp³-hybridized carbons (Fsp3) is 0.294. The van der Waals surface area contributed by atoms with E-state index < -0.39 is 0 Å². The van der Waals surface area contributed by atoms with E-state index >= 15 is 0 Å². The van der Waals surface area contributed by atoms with Gasteiger partial charge >= 0.3 is 0 Å². The van der Waals surface area contributed by atoms with Crippen LogP contribution < -0.4 is 20.1 Å². The molecule has 1 aromatic carbocycles. The van der Waals surface area contributed by atoms with E-state index in [2.05, 4.69) is 10.6 Å². The van der Waals surface area contributed by atoms with Crippen LogP contribution >= 0.6 is 11.3 Å². The summed E-state index contributed by atoms with van der Waals surface area (Å²) in [6, 6.07) is 9.10. The molecule has 0 saturated carbocycles. The average molecular weight is 346 g/mol. The van der Waals surface area contributed by atoms with Crippen molar-refractivity contribution in [2.75, 3.05) is 25.1 Å². The van der Waals surface area contributed by atoms with Gasteiger partial charge in [-0.2, -0.15) is 0 Å². The van der Waals surface area contributed by atoms with Crippen LogP contribution in [0.15, 0.2) is 35.7 Å². The van der Waals surface area contributed by atoms with Crippen LogP contribution in [0.5, 0.6) is 11.5 Å². The highest BCUT2D eigenvalue weighted by atomic mass is 32.1. The van der Waals surface area contributed by atoms with E-state index in [1.54, 1.807) is 29.5 Å². The number of amides is 2. The van der Waals surface area contributed by atoms with Crippen molar-refractivity contribution in [2.24, 2.45) is 0 Å². The van der Waals surface area contributed by atoms with Crippen molar-refractivity contribution in [1.29, 1.82) is 0 Å². The Labute approximate surface area is 143 Å². The van der Waals surface area contributed by atoms with Gasteiger partial charge in [0.25, 0.3) is 0 Å². The normalized spacial score (nSPS) is 12.5. The van der Waals surface area contributed by atoms with Crippen LogP contribution in [-0.4, -0.2) is 31.6 Å². The minimum atomic E-state index is -0.164. The van der Waals surface area contributed by atoms with Gasteiger partial charge in [-0.1, -0.05) is 6.07 Å². The van der Waals surface area contributed by atoms with Crippen LogP contribution in [0.3, 0.4) is 0 Å². The van der Waals surface area contributed by atoms with Gasteiger partial charge in [-0.25, -0.2) is 0 Å². The van der Waals surface area contributed by atoms with Gasteiger partial charge < -0.3 is 20.1 Å². The first-order valence-electron chi connectivity index (χ1n) is 7.69. The van der Waals surface area contributed by atoms with Crippen LogP contribution in [0, 0.1) is 0 Å². The first-order chi connectivity index (χ1) is 11.7. The Bertz CT molecular complexity index is 715. The number of hydrogen-bond donors (Lipinski definition) is 2. The van der Waals surface area contributed by atoms with Gasteiger partial charge in [-0.15, -0.1) is 11.3 Å². The fourth-order valence-corrected chi connectivity index (χ4v) is 3.00. The molecule has 0 aliphatic carbocycles. The van der Waals surface area contributed by atoms with Crippen molar-refractivity contribution in [3.8, 4) is 11.5 Å². The number of nitrogens with one attached hydrogen (secondary N) is 2. The molecule has 24 heavy (non-hydrogen) atoms. The first-order valence-corrected chi connectivity index (χ1v) is 8.57. The van der Waals surface area contributed by atoms with E-state index in [4.69, 9.17) is 9.47 Å². The van der Waals surface area contributed by atoms with Crippen LogP contribution in [0.25, 0.3) is 0 Å². The molecule has 0 unspecified atom stereocenters. The van der Waals surface area contributed by atoms with Crippen molar-refractivity contribution in [3.05, 3.63) is 40.6 Å². The second-order valence-electron chi connectivity index (χ2n) is 5.26. The third-order valence-electron chi connectivity index (χ3n) is 3.42. The molecule has 0 atom stereocenters. The molecule has 0 spiro atoms. The topological polar surface area (TPSA) is 76.7 Å². The summed E-state index contributed by atoms with van der Waals surface area (Å²) < 4.78 is 10.9. The lowest BCUT2D eigenvalue weighted by Crippen LogP contribution is -2.28. The van der Waals surface area contributed by atoms with Gasteiger partial charge in [0.2, 0.25) is 11.8 Å². The molecule has 0 bridgehead atoms. The first kappa shape index (κ1) is 16.3. The highest BCUT2D eigenvalue weighted by Crippen LogP contribution is 2.32. The molecule has 126 valence electrons. The molecule has 1 aliphatic rings. The second-order valence-corrected chi connectivity index (χ2v) is 6.29. The summed E-state index contributed by atoms with van der Waals surface area (Å²) in [6.45, 7) is 1.34. The molecule has 2 heterocycles. The maximum absolute atomic E-state index is 11.9. The van der Waals surface area contributed by atoms with E-state index in [0.29, 0.717) is 43.4 Å². The summed E-state index contributed by atoms with van der Waals surface area (Å²) in [4.78, 5) is 24.7. The van der Waals surface area contributed by atoms with Crippen LogP contribution in [0.1, 0.15) is 11.3 Å². The number of ether oxygens (including phenoxy) is 2. The van der Waals surface area contributed by atoms with Crippen LogP contribution in [-0.2, 0) is 16.0 Å². The standard InChI is InChI=1S/C17H18N2O4S/c20-16(5-6-18-17(21)11-13-2-1-9-24-13)19-12-3-4-14-15(10-12)23-8-7-22-14/h1-4,9-10H,5-8,11H2,(H,18,21)(H,19,20). The van der Waals surface area contributed by atoms with Crippen LogP contribution in [0.4, 0.5) is 5.69 Å². The van der Waals surface area contributed by atoms with E-state index in [0.717, 1.165) is 4.88 Å². The number of rotatable bonds is 6. The zero-order chi connectivity index (χ0) is 16.8. The lowest BCUT2D eigenvalue weighted by atomic mass is 10.2. The smallest absolute Gasteiger partial charge is 0.226 e. The number of anilines is 1. The number of fused-ring (bicyclic) bond motifs is 1. The van der Waals surface area contributed by atoms with Gasteiger partial charge in [0.15, 0.2) is 11.5 Å². The molecule has 3 rings (SSSR count). The van der Waals surface area contributed by atoms with E-state index in [9.17, 15) is 9.59 Å². The Morgan fingerprint density at radius 2 is 1.92 bits per heavy atom. The van der Waals surface area contributed by atoms with Gasteiger partial charge in [-0.05, 0) is 23.6 Å². The molecule has 2 N–H and O–H groups in total. The Morgan fingerprint density at radius 1 is 1.08 bits per heavy atom. The monoisotopic (exact) mass is 346 g/mol. The molecule has 0 radical (unpaired) electrons. The minimum Gasteiger partial charge on any atom is -0.486 e. The summed E-state index contributed by atoms with van der Waals surface area (Å²) in [5.41, 5.74) is 0.647. The lowest BCUT2D eigenvalue weighted by Gasteiger charge is -2.19. The number of benzene rings is 1. The SMILES string of the molecule is O=C(Cc1cccs1)NCCC(=O)Nc1ccc2c(c1)OCCO2. The largest absolute Gasteiger partial charge is 0.486 e. The summed E-state index contributed by atoms with van der Waals surface area (Å²) in [5, 5.41) is 7.47. The summed E-state index contributed by atoms with van der Waals surface area (Å²) in [5.74, 6) is 1.07. The van der Waals surface area contributed by atoms with Gasteiger partial charge in [0, 0.05) is 29.6 Å². The van der Waals surface area contributed by atoms with Crippen molar-refractivity contribution in [2.45, 2.75) is 12.8 Å². The molecular weight excluding hydrogens is 328 g/mol. The predicted molar refractivity (Wildman–Crippen MR) is 91.7 cm³/mol. The summed E-state index contributed by atoms with van der Waals surface area (Å²) >= 11 is 1.54. The quantitative estimate of drug-likeness (QED) is 0.841. The Balaban J connectivity index is 1.41. The fourth-order valence-electron chi connectivity index (χ4n) is 2.29. The maximum Gasteiger partial charge on any atom is 0.226 e. The van der Waals surface area contributed by atoms with Crippen molar-refractivity contribution in [3.63, 3.8) is 0 Å². The maximum atomic E-state index is 11.9. The average Bonchev–Trinajstić information content (AvgIpc) is 3.07. The van der Waals surface area contributed by atoms with E-state index in [1.807, 2.05) is 17.5 Å². The van der Waals surface area contributed by atoms with Crippen molar-refractivity contribution >= 4 is 28.8 Å².